The van der Waals surface area contributed by atoms with Gasteiger partial charge in [0.15, 0.2) is 0 Å². The van der Waals surface area contributed by atoms with E-state index in [1.165, 1.54) is 7.05 Å². The SMILES string of the molecule is CCOCC1=Nc2c([NH-])nc3ccccc3c2C1CC(C)(C)O.CNC(=O)COCO.[W]. The second kappa shape index (κ2) is 13.0. The predicted octanol–water partition coefficient (Wildman–Crippen LogP) is 2.98. The van der Waals surface area contributed by atoms with E-state index >= 15 is 0 Å². The van der Waals surface area contributed by atoms with Crippen molar-refractivity contribution in [3.05, 3.63) is 35.6 Å². The van der Waals surface area contributed by atoms with Crippen LogP contribution in [0.3, 0.4) is 0 Å². The molecule has 2 heterocycles. The number of aromatic nitrogens is 1. The first-order valence-electron chi connectivity index (χ1n) is 10.1. The number of fused-ring (bicyclic) bond motifs is 3. The average Bonchev–Trinajstić information content (AvgIpc) is 3.08. The minimum absolute atomic E-state index is 0. The number of pyridine rings is 1. The Morgan fingerprint density at radius 3 is 2.56 bits per heavy atom. The van der Waals surface area contributed by atoms with Crippen LogP contribution in [-0.2, 0) is 35.3 Å². The summed E-state index contributed by atoms with van der Waals surface area (Å²) < 4.78 is 9.88. The third-order valence-corrected chi connectivity index (χ3v) is 4.67. The molecule has 1 aliphatic rings. The minimum Gasteiger partial charge on any atom is -0.480 e. The smallest absolute Gasteiger partial charge is 0.245 e. The summed E-state index contributed by atoms with van der Waals surface area (Å²) in [5, 5.41) is 21.7. The molecule has 2 aromatic rings. The van der Waals surface area contributed by atoms with Crippen LogP contribution in [0.1, 0.15) is 38.7 Å². The van der Waals surface area contributed by atoms with Crippen molar-refractivity contribution in [2.45, 2.75) is 38.7 Å². The molecule has 0 aliphatic carbocycles. The topological polar surface area (TPSA) is 137 Å². The fraction of sp³-hybridized carbons (Fsp3) is 0.500. The normalized spacial score (nSPS) is 14.7. The summed E-state index contributed by atoms with van der Waals surface area (Å²) in [5.41, 5.74) is 10.7. The Morgan fingerprint density at radius 1 is 1.28 bits per heavy atom. The van der Waals surface area contributed by atoms with E-state index in [0.29, 0.717) is 25.3 Å². The number of nitrogens with one attached hydrogen (secondary N) is 2. The molecule has 9 nitrogen and oxygen atoms in total. The molecule has 1 unspecified atom stereocenters. The Morgan fingerprint density at radius 2 is 1.97 bits per heavy atom. The molecule has 1 atom stereocenters. The quantitative estimate of drug-likeness (QED) is 0.391. The van der Waals surface area contributed by atoms with E-state index in [1.807, 2.05) is 31.2 Å². The van der Waals surface area contributed by atoms with Gasteiger partial charge in [-0.15, -0.1) is 0 Å². The Kier molecular flexibility index (Phi) is 11.4. The fourth-order valence-corrected chi connectivity index (χ4v) is 3.35. The summed E-state index contributed by atoms with van der Waals surface area (Å²) in [4.78, 5) is 19.2. The number of aliphatic hydroxyl groups excluding tert-OH is 1. The Hall–Kier alpha value is -1.90. The zero-order valence-electron chi connectivity index (χ0n) is 18.8. The van der Waals surface area contributed by atoms with Gasteiger partial charge in [0.05, 0.1) is 23.6 Å². The van der Waals surface area contributed by atoms with Crippen LogP contribution in [0.5, 0.6) is 0 Å². The molecule has 32 heavy (non-hydrogen) atoms. The van der Waals surface area contributed by atoms with E-state index in [-0.39, 0.29) is 45.3 Å². The number of nitrogens with zero attached hydrogens (tertiary/aromatic N) is 2. The molecule has 0 spiro atoms. The van der Waals surface area contributed by atoms with Gasteiger partial charge in [0.2, 0.25) is 5.91 Å². The van der Waals surface area contributed by atoms with E-state index < -0.39 is 12.4 Å². The number of ether oxygens (including phenoxy) is 2. The van der Waals surface area contributed by atoms with Gasteiger partial charge in [-0.05, 0) is 49.5 Å². The van der Waals surface area contributed by atoms with Crippen LogP contribution in [-0.4, -0.2) is 66.1 Å². The van der Waals surface area contributed by atoms with Gasteiger partial charge >= 0.3 is 0 Å². The van der Waals surface area contributed by atoms with E-state index in [2.05, 4.69) is 20.0 Å². The Balaban J connectivity index is 0.000000491. The number of para-hydroxylation sites is 1. The third-order valence-electron chi connectivity index (χ3n) is 4.67. The summed E-state index contributed by atoms with van der Waals surface area (Å²) in [6.45, 7) is 6.08. The average molecular weight is 615 g/mol. The summed E-state index contributed by atoms with van der Waals surface area (Å²) in [6.07, 6.45) is 0.541. The molecule has 176 valence electrons. The maximum Gasteiger partial charge on any atom is 0.245 e. The Labute approximate surface area is 202 Å². The summed E-state index contributed by atoms with van der Waals surface area (Å²) in [5.74, 6) is -0.0986. The van der Waals surface area contributed by atoms with Crippen molar-refractivity contribution < 1.29 is 45.5 Å². The summed E-state index contributed by atoms with van der Waals surface area (Å²) in [6, 6.07) is 7.81. The number of hydrogen-bond acceptors (Lipinski definition) is 7. The first-order valence-corrected chi connectivity index (χ1v) is 10.1. The van der Waals surface area contributed by atoms with Gasteiger partial charge in [-0.25, -0.2) is 0 Å². The molecule has 1 amide bonds. The molecule has 1 aromatic carbocycles. The maximum atomic E-state index is 10.3. The fourth-order valence-electron chi connectivity index (χ4n) is 3.35. The van der Waals surface area contributed by atoms with Crippen molar-refractivity contribution in [3.8, 4) is 0 Å². The number of amides is 1. The zero-order valence-corrected chi connectivity index (χ0v) is 21.8. The zero-order chi connectivity index (χ0) is 23.0. The summed E-state index contributed by atoms with van der Waals surface area (Å²) >= 11 is 0. The monoisotopic (exact) mass is 615 g/mol. The van der Waals surface area contributed by atoms with Gasteiger partial charge in [-0.3, -0.25) is 9.79 Å². The standard InChI is InChI=1S/C18H22N3O2.C4H9NO3.W/c1-4-23-10-14-12(9-18(2,3)22)15-11-7-5-6-8-13(11)21-17(19)16(15)20-14;1-5-4(7)2-8-3-6;/h5-8,12,22H,4,9-10H2,1-3H3,(H-,19,21);6H,2-3H2,1H3,(H,5,7);/q-1;;. The number of likely N-dealkylation sites (N-methyl/N-ethyl adjacent to an activating group) is 1. The van der Waals surface area contributed by atoms with Crippen LogP contribution >= 0.6 is 0 Å². The largest absolute Gasteiger partial charge is 0.480 e. The maximum absolute atomic E-state index is 10.3. The van der Waals surface area contributed by atoms with Crippen LogP contribution < -0.4 is 5.32 Å². The van der Waals surface area contributed by atoms with Gasteiger partial charge in [0.1, 0.15) is 13.4 Å². The molecule has 10 heteroatoms. The first-order chi connectivity index (χ1) is 14.7. The molecule has 0 fully saturated rings. The molecule has 0 radical (unpaired) electrons. The van der Waals surface area contributed by atoms with E-state index in [1.54, 1.807) is 13.8 Å². The molecule has 1 aliphatic heterocycles. The van der Waals surface area contributed by atoms with E-state index in [0.717, 1.165) is 22.2 Å². The van der Waals surface area contributed by atoms with E-state index in [4.69, 9.17) is 15.6 Å². The molecule has 3 rings (SSSR count). The van der Waals surface area contributed by atoms with Crippen LogP contribution in [0.25, 0.3) is 16.6 Å². The molecule has 0 saturated carbocycles. The van der Waals surface area contributed by atoms with Crippen molar-refractivity contribution in [1.82, 2.24) is 10.3 Å². The predicted molar refractivity (Wildman–Crippen MR) is 120 cm³/mol. The minimum atomic E-state index is -0.828. The molecule has 0 bridgehead atoms. The van der Waals surface area contributed by atoms with Crippen LogP contribution in [0.2, 0.25) is 0 Å². The van der Waals surface area contributed by atoms with Gasteiger partial charge in [-0.2, -0.15) is 0 Å². The van der Waals surface area contributed by atoms with Crippen LogP contribution in [0, 0.1) is 0 Å². The van der Waals surface area contributed by atoms with E-state index in [9.17, 15) is 9.90 Å². The molecule has 1 aromatic heterocycles. The van der Waals surface area contributed by atoms with Gasteiger partial charge in [-0.1, -0.05) is 24.3 Å². The number of benzene rings is 1. The number of carbonyl (C=O) groups excluding carboxylic acids is 1. The van der Waals surface area contributed by atoms with Crippen molar-refractivity contribution >= 4 is 34.0 Å². The number of aliphatic imine (C=N–C) groups is 1. The van der Waals surface area contributed by atoms with Crippen LogP contribution in [0.4, 0.5) is 11.5 Å². The van der Waals surface area contributed by atoms with Gasteiger partial charge in [0.25, 0.3) is 0 Å². The number of hydrogen-bond donors (Lipinski definition) is 3. The third kappa shape index (κ3) is 7.60. The second-order valence-electron chi connectivity index (χ2n) is 7.70. The number of rotatable bonds is 8. The van der Waals surface area contributed by atoms with Crippen molar-refractivity contribution in [3.63, 3.8) is 0 Å². The Bertz CT molecular complexity index is 930. The van der Waals surface area contributed by atoms with Crippen molar-refractivity contribution in [2.24, 2.45) is 4.99 Å². The number of aliphatic hydroxyl groups is 2. The molecule has 0 saturated heterocycles. The van der Waals surface area contributed by atoms with Gasteiger partial charge in [0, 0.05) is 40.6 Å². The van der Waals surface area contributed by atoms with Crippen molar-refractivity contribution in [1.29, 1.82) is 0 Å². The summed E-state index contributed by atoms with van der Waals surface area (Å²) in [7, 11) is 1.50. The van der Waals surface area contributed by atoms with Crippen LogP contribution in [0.15, 0.2) is 29.3 Å². The van der Waals surface area contributed by atoms with Crippen molar-refractivity contribution in [2.75, 3.05) is 33.7 Å². The molecule has 4 N–H and O–H groups in total. The molecular weight excluding hydrogens is 584 g/mol. The first kappa shape index (κ1) is 28.1. The second-order valence-corrected chi connectivity index (χ2v) is 7.70. The van der Waals surface area contributed by atoms with Gasteiger partial charge < -0.3 is 35.7 Å². The number of carbonyl (C=O) groups is 1. The molecular formula is C22H31N4O5W-.